The molecule has 2 aromatic carbocycles. The molecule has 0 spiro atoms. The zero-order chi connectivity index (χ0) is 14.5. The second kappa shape index (κ2) is 6.10. The first-order valence-corrected chi connectivity index (χ1v) is 6.31. The zero-order valence-corrected chi connectivity index (χ0v) is 11.5. The number of anilines is 1. The number of hydrogen-bond acceptors (Lipinski definition) is 3. The molecular formula is C16H17NO3. The van der Waals surface area contributed by atoms with Crippen LogP contribution in [0.5, 0.6) is 11.5 Å². The fraction of sp³-hybridized carbons (Fsp3) is 0.188. The molecule has 0 heterocycles. The minimum Gasteiger partial charge on any atom is -0.508 e. The fourth-order valence-electron chi connectivity index (χ4n) is 1.86. The van der Waals surface area contributed by atoms with Crippen molar-refractivity contribution in [1.82, 2.24) is 0 Å². The number of aromatic hydroxyl groups is 1. The summed E-state index contributed by atoms with van der Waals surface area (Å²) in [6.45, 7) is 1.80. The molecule has 2 aromatic rings. The van der Waals surface area contributed by atoms with Crippen LogP contribution in [-0.4, -0.2) is 18.1 Å². The number of phenols is 1. The number of ether oxygens (including phenoxy) is 1. The van der Waals surface area contributed by atoms with E-state index in [0.717, 1.165) is 16.9 Å². The number of methoxy groups -OCH3 is 1. The summed E-state index contributed by atoms with van der Waals surface area (Å²) in [5, 5.41) is 12.4. The molecule has 0 aliphatic heterocycles. The maximum absolute atomic E-state index is 11.9. The van der Waals surface area contributed by atoms with Crippen LogP contribution in [0.15, 0.2) is 42.5 Å². The highest BCUT2D eigenvalue weighted by atomic mass is 16.5. The number of carbonyl (C=O) groups excluding carboxylic acids is 1. The predicted molar refractivity (Wildman–Crippen MR) is 78.2 cm³/mol. The summed E-state index contributed by atoms with van der Waals surface area (Å²) < 4.78 is 5.12. The Morgan fingerprint density at radius 2 is 2.05 bits per heavy atom. The van der Waals surface area contributed by atoms with E-state index in [2.05, 4.69) is 5.32 Å². The molecule has 20 heavy (non-hydrogen) atoms. The third-order valence-corrected chi connectivity index (χ3v) is 2.99. The number of aryl methyl sites for hydroxylation is 1. The SMILES string of the molecule is COc1cccc(CC(=O)Nc2ccc(C)c(O)c2)c1. The minimum atomic E-state index is -0.137. The number of phenolic OH excluding ortho intramolecular Hbond substituents is 1. The first kappa shape index (κ1) is 13.9. The second-order valence-corrected chi connectivity index (χ2v) is 4.58. The Bertz CT molecular complexity index is 623. The quantitative estimate of drug-likeness (QED) is 0.899. The molecule has 0 fully saturated rings. The van der Waals surface area contributed by atoms with E-state index in [-0.39, 0.29) is 18.1 Å². The van der Waals surface area contributed by atoms with Crippen LogP contribution in [0.1, 0.15) is 11.1 Å². The lowest BCUT2D eigenvalue weighted by Crippen LogP contribution is -2.14. The molecule has 0 radical (unpaired) electrons. The van der Waals surface area contributed by atoms with Crippen molar-refractivity contribution in [3.63, 3.8) is 0 Å². The van der Waals surface area contributed by atoms with Gasteiger partial charge in [0.1, 0.15) is 11.5 Å². The third-order valence-electron chi connectivity index (χ3n) is 2.99. The van der Waals surface area contributed by atoms with Crippen LogP contribution >= 0.6 is 0 Å². The number of nitrogens with one attached hydrogen (secondary N) is 1. The predicted octanol–water partition coefficient (Wildman–Crippen LogP) is 2.89. The van der Waals surface area contributed by atoms with Gasteiger partial charge in [0.25, 0.3) is 0 Å². The molecule has 1 amide bonds. The smallest absolute Gasteiger partial charge is 0.228 e. The summed E-state index contributed by atoms with van der Waals surface area (Å²) in [6.07, 6.45) is 0.256. The summed E-state index contributed by atoms with van der Waals surface area (Å²) in [5.41, 5.74) is 2.23. The molecule has 0 unspecified atom stereocenters. The molecule has 4 heteroatoms. The van der Waals surface area contributed by atoms with E-state index < -0.39 is 0 Å². The first-order valence-electron chi connectivity index (χ1n) is 6.31. The molecule has 0 aromatic heterocycles. The highest BCUT2D eigenvalue weighted by molar-refractivity contribution is 5.92. The van der Waals surface area contributed by atoms with Gasteiger partial charge in [0.2, 0.25) is 5.91 Å². The van der Waals surface area contributed by atoms with Crippen molar-refractivity contribution in [2.45, 2.75) is 13.3 Å². The van der Waals surface area contributed by atoms with Gasteiger partial charge in [0.15, 0.2) is 0 Å². The number of hydrogen-bond donors (Lipinski definition) is 2. The molecule has 0 aliphatic carbocycles. The van der Waals surface area contributed by atoms with E-state index >= 15 is 0 Å². The number of benzene rings is 2. The maximum Gasteiger partial charge on any atom is 0.228 e. The first-order chi connectivity index (χ1) is 9.58. The van der Waals surface area contributed by atoms with E-state index in [0.29, 0.717) is 5.69 Å². The van der Waals surface area contributed by atoms with Gasteiger partial charge in [0, 0.05) is 11.8 Å². The Kier molecular flexibility index (Phi) is 4.25. The second-order valence-electron chi connectivity index (χ2n) is 4.58. The van der Waals surface area contributed by atoms with Crippen LogP contribution < -0.4 is 10.1 Å². The average molecular weight is 271 g/mol. The highest BCUT2D eigenvalue weighted by Crippen LogP contribution is 2.21. The van der Waals surface area contributed by atoms with Crippen molar-refractivity contribution in [3.05, 3.63) is 53.6 Å². The lowest BCUT2D eigenvalue weighted by Gasteiger charge is -2.08. The Morgan fingerprint density at radius 3 is 2.75 bits per heavy atom. The maximum atomic E-state index is 11.9. The summed E-state index contributed by atoms with van der Waals surface area (Å²) in [4.78, 5) is 11.9. The molecule has 0 atom stereocenters. The lowest BCUT2D eigenvalue weighted by atomic mass is 10.1. The Balaban J connectivity index is 2.03. The molecule has 104 valence electrons. The Morgan fingerprint density at radius 1 is 1.25 bits per heavy atom. The van der Waals surface area contributed by atoms with Crippen LogP contribution in [0.2, 0.25) is 0 Å². The highest BCUT2D eigenvalue weighted by Gasteiger charge is 2.06. The molecule has 2 rings (SSSR count). The molecule has 4 nitrogen and oxygen atoms in total. The summed E-state index contributed by atoms with van der Waals surface area (Å²) >= 11 is 0. The van der Waals surface area contributed by atoms with Gasteiger partial charge < -0.3 is 15.2 Å². The Hall–Kier alpha value is -2.49. The zero-order valence-electron chi connectivity index (χ0n) is 11.5. The minimum absolute atomic E-state index is 0.137. The summed E-state index contributed by atoms with van der Waals surface area (Å²) in [6, 6.07) is 12.4. The van der Waals surface area contributed by atoms with E-state index in [1.54, 1.807) is 32.2 Å². The van der Waals surface area contributed by atoms with E-state index in [1.165, 1.54) is 0 Å². The van der Waals surface area contributed by atoms with Crippen molar-refractivity contribution >= 4 is 11.6 Å². The standard InChI is InChI=1S/C16H17NO3/c1-11-6-7-13(10-15(11)18)17-16(19)9-12-4-3-5-14(8-12)20-2/h3-8,10,18H,9H2,1-2H3,(H,17,19). The Labute approximate surface area is 118 Å². The fourth-order valence-corrected chi connectivity index (χ4v) is 1.86. The largest absolute Gasteiger partial charge is 0.508 e. The van der Waals surface area contributed by atoms with Gasteiger partial charge in [-0.05, 0) is 36.2 Å². The van der Waals surface area contributed by atoms with E-state index in [1.807, 2.05) is 24.3 Å². The van der Waals surface area contributed by atoms with Crippen LogP contribution in [0.25, 0.3) is 0 Å². The van der Waals surface area contributed by atoms with Gasteiger partial charge in [-0.25, -0.2) is 0 Å². The molecule has 2 N–H and O–H groups in total. The summed E-state index contributed by atoms with van der Waals surface area (Å²) in [7, 11) is 1.59. The number of amides is 1. The molecule has 0 saturated carbocycles. The molecular weight excluding hydrogens is 254 g/mol. The van der Waals surface area contributed by atoms with Crippen molar-refractivity contribution in [2.24, 2.45) is 0 Å². The van der Waals surface area contributed by atoms with Crippen LogP contribution in [0.4, 0.5) is 5.69 Å². The van der Waals surface area contributed by atoms with Crippen LogP contribution in [0, 0.1) is 6.92 Å². The van der Waals surface area contributed by atoms with Gasteiger partial charge in [-0.1, -0.05) is 18.2 Å². The average Bonchev–Trinajstić information content (AvgIpc) is 2.43. The summed E-state index contributed by atoms with van der Waals surface area (Å²) in [5.74, 6) is 0.758. The van der Waals surface area contributed by atoms with Gasteiger partial charge >= 0.3 is 0 Å². The van der Waals surface area contributed by atoms with Gasteiger partial charge in [-0.15, -0.1) is 0 Å². The van der Waals surface area contributed by atoms with E-state index in [4.69, 9.17) is 4.74 Å². The number of carbonyl (C=O) groups is 1. The monoisotopic (exact) mass is 271 g/mol. The van der Waals surface area contributed by atoms with Crippen molar-refractivity contribution in [1.29, 1.82) is 0 Å². The molecule has 0 aliphatic rings. The van der Waals surface area contributed by atoms with Crippen LogP contribution in [-0.2, 0) is 11.2 Å². The van der Waals surface area contributed by atoms with Gasteiger partial charge in [0.05, 0.1) is 13.5 Å². The van der Waals surface area contributed by atoms with E-state index in [9.17, 15) is 9.90 Å². The normalized spacial score (nSPS) is 10.1. The van der Waals surface area contributed by atoms with Crippen LogP contribution in [0.3, 0.4) is 0 Å². The van der Waals surface area contributed by atoms with Crippen molar-refractivity contribution in [2.75, 3.05) is 12.4 Å². The molecule has 0 saturated heterocycles. The topological polar surface area (TPSA) is 58.6 Å². The van der Waals surface area contributed by atoms with Gasteiger partial charge in [-0.2, -0.15) is 0 Å². The molecule has 0 bridgehead atoms. The number of rotatable bonds is 4. The lowest BCUT2D eigenvalue weighted by molar-refractivity contribution is -0.115. The van der Waals surface area contributed by atoms with Crippen molar-refractivity contribution in [3.8, 4) is 11.5 Å². The van der Waals surface area contributed by atoms with Gasteiger partial charge in [-0.3, -0.25) is 4.79 Å². The van der Waals surface area contributed by atoms with Crippen molar-refractivity contribution < 1.29 is 14.6 Å². The third kappa shape index (κ3) is 3.51.